The molecule has 7 heteroatoms. The minimum Gasteiger partial charge on any atom is -0.409 e. The maximum absolute atomic E-state index is 12.6. The summed E-state index contributed by atoms with van der Waals surface area (Å²) >= 11 is 0. The Morgan fingerprint density at radius 3 is 2.71 bits per heavy atom. The van der Waals surface area contributed by atoms with Gasteiger partial charge in [-0.05, 0) is 19.8 Å². The maximum atomic E-state index is 12.6. The molecular formula is C14H23N5O2. The molecule has 1 saturated carbocycles. The predicted octanol–water partition coefficient (Wildman–Crippen LogP) is 1.04. The van der Waals surface area contributed by atoms with Crippen LogP contribution in [0.3, 0.4) is 0 Å². The monoisotopic (exact) mass is 293 g/mol. The topological polar surface area (TPSA) is 106 Å². The summed E-state index contributed by atoms with van der Waals surface area (Å²) < 4.78 is 1.72. The van der Waals surface area contributed by atoms with E-state index in [9.17, 15) is 4.79 Å². The molecule has 116 valence electrons. The van der Waals surface area contributed by atoms with E-state index in [1.54, 1.807) is 4.68 Å². The fourth-order valence-corrected chi connectivity index (χ4v) is 3.02. The number of oxime groups is 1. The summed E-state index contributed by atoms with van der Waals surface area (Å²) in [5.41, 5.74) is 6.79. The molecule has 1 aliphatic carbocycles. The summed E-state index contributed by atoms with van der Waals surface area (Å²) in [4.78, 5) is 12.6. The van der Waals surface area contributed by atoms with Gasteiger partial charge in [0.25, 0.3) is 0 Å². The summed E-state index contributed by atoms with van der Waals surface area (Å²) in [5.74, 6) is -0.150. The molecule has 0 spiro atoms. The number of amidine groups is 1. The van der Waals surface area contributed by atoms with Crippen LogP contribution in [0.2, 0.25) is 0 Å². The molecule has 4 N–H and O–H groups in total. The van der Waals surface area contributed by atoms with Crippen LogP contribution in [0.4, 0.5) is 0 Å². The molecule has 7 nitrogen and oxygen atoms in total. The fourth-order valence-electron chi connectivity index (χ4n) is 3.02. The zero-order valence-corrected chi connectivity index (χ0v) is 12.6. The Hall–Kier alpha value is -2.05. The van der Waals surface area contributed by atoms with Gasteiger partial charge < -0.3 is 16.3 Å². The molecule has 0 atom stereocenters. The molecule has 0 unspecified atom stereocenters. The second-order valence-corrected chi connectivity index (χ2v) is 5.72. The summed E-state index contributed by atoms with van der Waals surface area (Å²) in [6.07, 6.45) is 6.04. The number of carbonyl (C=O) groups excluding carboxylic acids is 1. The second kappa shape index (κ2) is 6.15. The highest BCUT2D eigenvalue weighted by Gasteiger charge is 2.43. The van der Waals surface area contributed by atoms with Crippen molar-refractivity contribution in [1.82, 2.24) is 15.1 Å². The highest BCUT2D eigenvalue weighted by Crippen LogP contribution is 2.36. The largest absolute Gasteiger partial charge is 0.409 e. The van der Waals surface area contributed by atoms with Gasteiger partial charge in [-0.15, -0.1) is 0 Å². The first kappa shape index (κ1) is 15.3. The standard InChI is InChI=1S/C14H23N5O2/c1-10-11(9-19(2)17-10)8-16-13(20)14(12(15)18-21)6-4-3-5-7-14/h9,21H,3-8H2,1-2H3,(H2,15,18)(H,16,20). The molecule has 1 heterocycles. The number of nitrogens with two attached hydrogens (primary N) is 1. The zero-order valence-electron chi connectivity index (χ0n) is 12.6. The van der Waals surface area contributed by atoms with Crippen LogP contribution in [0.5, 0.6) is 0 Å². The third-order valence-corrected chi connectivity index (χ3v) is 4.29. The minimum atomic E-state index is -0.872. The molecule has 0 radical (unpaired) electrons. The molecule has 1 fully saturated rings. The third kappa shape index (κ3) is 3.01. The number of carbonyl (C=O) groups is 1. The summed E-state index contributed by atoms with van der Waals surface area (Å²) in [6.45, 7) is 2.31. The van der Waals surface area contributed by atoms with Crippen molar-refractivity contribution in [2.75, 3.05) is 0 Å². The predicted molar refractivity (Wildman–Crippen MR) is 78.7 cm³/mol. The molecule has 21 heavy (non-hydrogen) atoms. The number of aryl methyl sites for hydroxylation is 2. The number of amides is 1. The Balaban J connectivity index is 2.10. The van der Waals surface area contributed by atoms with Gasteiger partial charge in [-0.3, -0.25) is 9.48 Å². The molecule has 1 aromatic heterocycles. The minimum absolute atomic E-state index is 0.0163. The van der Waals surface area contributed by atoms with E-state index >= 15 is 0 Å². The smallest absolute Gasteiger partial charge is 0.234 e. The second-order valence-electron chi connectivity index (χ2n) is 5.72. The van der Waals surface area contributed by atoms with Crippen molar-refractivity contribution in [3.63, 3.8) is 0 Å². The van der Waals surface area contributed by atoms with Crippen LogP contribution in [0.1, 0.15) is 43.4 Å². The molecule has 0 saturated heterocycles. The van der Waals surface area contributed by atoms with Crippen LogP contribution in [-0.2, 0) is 18.4 Å². The van der Waals surface area contributed by atoms with Gasteiger partial charge in [0, 0.05) is 25.4 Å². The van der Waals surface area contributed by atoms with Crippen LogP contribution >= 0.6 is 0 Å². The summed E-state index contributed by atoms with van der Waals surface area (Å²) in [5, 5.41) is 19.3. The zero-order chi connectivity index (χ0) is 15.5. The Morgan fingerprint density at radius 2 is 2.19 bits per heavy atom. The van der Waals surface area contributed by atoms with Gasteiger partial charge in [-0.1, -0.05) is 24.4 Å². The molecule has 1 amide bonds. The van der Waals surface area contributed by atoms with Gasteiger partial charge in [-0.25, -0.2) is 0 Å². The highest BCUT2D eigenvalue weighted by atomic mass is 16.4. The molecule has 2 rings (SSSR count). The van der Waals surface area contributed by atoms with Crippen molar-refractivity contribution in [2.45, 2.75) is 45.6 Å². The fraction of sp³-hybridized carbons (Fsp3) is 0.643. The molecular weight excluding hydrogens is 270 g/mol. The quantitative estimate of drug-likeness (QED) is 0.334. The first-order valence-electron chi connectivity index (χ1n) is 7.25. The van der Waals surface area contributed by atoms with Gasteiger partial charge >= 0.3 is 0 Å². The van der Waals surface area contributed by atoms with Crippen LogP contribution in [0.15, 0.2) is 11.4 Å². The molecule has 1 aliphatic rings. The Bertz CT molecular complexity index is 544. The van der Waals surface area contributed by atoms with Gasteiger partial charge in [0.05, 0.1) is 5.69 Å². The van der Waals surface area contributed by atoms with Gasteiger partial charge in [-0.2, -0.15) is 5.10 Å². The van der Waals surface area contributed by atoms with E-state index in [0.717, 1.165) is 30.5 Å². The Morgan fingerprint density at radius 1 is 1.52 bits per heavy atom. The van der Waals surface area contributed by atoms with Crippen molar-refractivity contribution < 1.29 is 10.0 Å². The van der Waals surface area contributed by atoms with Crippen molar-refractivity contribution in [3.8, 4) is 0 Å². The number of nitrogens with one attached hydrogen (secondary N) is 1. The molecule has 0 aliphatic heterocycles. The van der Waals surface area contributed by atoms with Crippen LogP contribution in [0.25, 0.3) is 0 Å². The first-order chi connectivity index (χ1) is 9.99. The SMILES string of the molecule is Cc1nn(C)cc1CNC(=O)C1(/C(N)=N/O)CCCCC1. The number of rotatable bonds is 4. The lowest BCUT2D eigenvalue weighted by Crippen LogP contribution is -2.50. The van der Waals surface area contributed by atoms with E-state index < -0.39 is 5.41 Å². The average molecular weight is 293 g/mol. The summed E-state index contributed by atoms with van der Waals surface area (Å²) in [7, 11) is 1.84. The van der Waals surface area contributed by atoms with E-state index in [1.165, 1.54) is 0 Å². The normalized spacial score (nSPS) is 18.5. The highest BCUT2D eigenvalue weighted by molar-refractivity contribution is 6.06. The number of aromatic nitrogens is 2. The van der Waals surface area contributed by atoms with Crippen molar-refractivity contribution in [3.05, 3.63) is 17.5 Å². The lowest BCUT2D eigenvalue weighted by molar-refractivity contribution is -0.129. The molecule has 0 aromatic carbocycles. The van der Waals surface area contributed by atoms with Crippen LogP contribution < -0.4 is 11.1 Å². The molecule has 0 bridgehead atoms. The van der Waals surface area contributed by atoms with Crippen molar-refractivity contribution >= 4 is 11.7 Å². The van der Waals surface area contributed by atoms with Crippen LogP contribution in [0, 0.1) is 12.3 Å². The number of hydrogen-bond acceptors (Lipinski definition) is 4. The van der Waals surface area contributed by atoms with Gasteiger partial charge in [0.2, 0.25) is 5.91 Å². The van der Waals surface area contributed by atoms with Gasteiger partial charge in [0.1, 0.15) is 5.41 Å². The average Bonchev–Trinajstić information content (AvgIpc) is 2.82. The van der Waals surface area contributed by atoms with E-state index in [4.69, 9.17) is 10.9 Å². The third-order valence-electron chi connectivity index (χ3n) is 4.29. The van der Waals surface area contributed by atoms with E-state index in [2.05, 4.69) is 15.6 Å². The lowest BCUT2D eigenvalue weighted by Gasteiger charge is -2.34. The Labute approximate surface area is 124 Å². The molecule has 1 aromatic rings. The van der Waals surface area contributed by atoms with Crippen molar-refractivity contribution in [2.24, 2.45) is 23.4 Å². The van der Waals surface area contributed by atoms with E-state index in [-0.39, 0.29) is 11.7 Å². The van der Waals surface area contributed by atoms with Crippen molar-refractivity contribution in [1.29, 1.82) is 0 Å². The van der Waals surface area contributed by atoms with E-state index in [1.807, 2.05) is 20.2 Å². The summed E-state index contributed by atoms with van der Waals surface area (Å²) in [6, 6.07) is 0. The Kier molecular flexibility index (Phi) is 4.50. The van der Waals surface area contributed by atoms with E-state index in [0.29, 0.717) is 19.4 Å². The maximum Gasteiger partial charge on any atom is 0.234 e. The van der Waals surface area contributed by atoms with Crippen LogP contribution in [-0.4, -0.2) is 26.7 Å². The number of hydrogen-bond donors (Lipinski definition) is 3. The number of nitrogens with zero attached hydrogens (tertiary/aromatic N) is 3. The first-order valence-corrected chi connectivity index (χ1v) is 7.25. The lowest BCUT2D eigenvalue weighted by atomic mass is 9.72. The van der Waals surface area contributed by atoms with Gasteiger partial charge in [0.15, 0.2) is 5.84 Å².